The highest BCUT2D eigenvalue weighted by Crippen LogP contribution is 2.12. The number of hydrazone groups is 1. The number of thiophene rings is 1. The maximum atomic E-state index is 12.7. The molecule has 0 aliphatic rings. The predicted octanol–water partition coefficient (Wildman–Crippen LogP) is 2.56. The first-order chi connectivity index (χ1) is 9.06. The van der Waals surface area contributed by atoms with Crippen LogP contribution in [0.1, 0.15) is 17.8 Å². The molecule has 1 amide bonds. The van der Waals surface area contributed by atoms with E-state index in [1.807, 2.05) is 0 Å². The van der Waals surface area contributed by atoms with Gasteiger partial charge < -0.3 is 0 Å². The van der Waals surface area contributed by atoms with E-state index in [4.69, 9.17) is 0 Å². The van der Waals surface area contributed by atoms with Gasteiger partial charge in [0.05, 0.1) is 21.8 Å². The molecule has 0 aliphatic carbocycles. The Labute approximate surface area is 121 Å². The Balaban J connectivity index is 1.92. The summed E-state index contributed by atoms with van der Waals surface area (Å²) >= 11 is 4.21. The van der Waals surface area contributed by atoms with Crippen molar-refractivity contribution < 1.29 is 9.18 Å². The molecule has 1 N–H and O–H groups in total. The van der Waals surface area contributed by atoms with E-state index in [0.717, 1.165) is 15.8 Å². The molecule has 2 aromatic rings. The van der Waals surface area contributed by atoms with Crippen LogP contribution in [-0.2, 0) is 4.79 Å². The first kappa shape index (κ1) is 13.9. The van der Waals surface area contributed by atoms with Crippen LogP contribution in [0.4, 0.5) is 4.39 Å². The minimum absolute atomic E-state index is 0.289. The quantitative estimate of drug-likeness (QED) is 0.684. The van der Waals surface area contributed by atoms with Gasteiger partial charge in [0.15, 0.2) is 5.13 Å². The molecular weight excluding hydrogens is 335 g/mol. The van der Waals surface area contributed by atoms with Crippen LogP contribution in [0.2, 0.25) is 0 Å². The van der Waals surface area contributed by atoms with Gasteiger partial charge >= 0.3 is 0 Å². The van der Waals surface area contributed by atoms with Crippen LogP contribution in [0, 0.1) is 5.13 Å². The Bertz CT molecular complexity index is 609. The van der Waals surface area contributed by atoms with Gasteiger partial charge in [-0.25, -0.2) is 5.43 Å². The number of hydrogen-bond acceptors (Lipinski definition) is 4. The Morgan fingerprint density at radius 2 is 2.47 bits per heavy atom. The van der Waals surface area contributed by atoms with Crippen LogP contribution in [0.5, 0.6) is 0 Å². The van der Waals surface area contributed by atoms with E-state index in [9.17, 15) is 9.18 Å². The third-order valence-corrected chi connectivity index (χ3v) is 3.52. The zero-order chi connectivity index (χ0) is 13.8. The van der Waals surface area contributed by atoms with E-state index >= 15 is 0 Å². The van der Waals surface area contributed by atoms with Crippen LogP contribution < -0.4 is 5.43 Å². The fourth-order valence-electron chi connectivity index (χ4n) is 1.30. The van der Waals surface area contributed by atoms with E-state index in [2.05, 4.69) is 31.6 Å². The molecule has 5 nitrogen and oxygen atoms in total. The third-order valence-electron chi connectivity index (χ3n) is 2.31. The zero-order valence-corrected chi connectivity index (χ0v) is 12.3. The number of nitrogens with one attached hydrogen (secondary N) is 1. The van der Waals surface area contributed by atoms with Crippen molar-refractivity contribution in [3.63, 3.8) is 0 Å². The number of carbonyl (C=O) groups excluding carboxylic acids is 1. The monoisotopic (exact) mass is 344 g/mol. The second-order valence-electron chi connectivity index (χ2n) is 3.69. The maximum Gasteiger partial charge on any atom is 0.264 e. The van der Waals surface area contributed by atoms with E-state index in [-0.39, 0.29) is 11.0 Å². The van der Waals surface area contributed by atoms with Gasteiger partial charge in [0.2, 0.25) is 0 Å². The number of hydrogen-bond donors (Lipinski definition) is 1. The van der Waals surface area contributed by atoms with Gasteiger partial charge in [0.25, 0.3) is 5.91 Å². The Hall–Kier alpha value is -1.54. The van der Waals surface area contributed by atoms with Gasteiger partial charge in [-0.2, -0.15) is 14.6 Å². The molecule has 0 saturated carbocycles. The molecular formula is C11H10BrFN4OS. The van der Waals surface area contributed by atoms with E-state index in [1.165, 1.54) is 17.0 Å². The van der Waals surface area contributed by atoms with Gasteiger partial charge in [-0.1, -0.05) is 0 Å². The van der Waals surface area contributed by atoms with Gasteiger partial charge in [-0.3, -0.25) is 9.48 Å². The molecule has 0 aromatic carbocycles. The first-order valence-corrected chi connectivity index (χ1v) is 6.95. The topological polar surface area (TPSA) is 59.3 Å². The molecule has 1 atom stereocenters. The lowest BCUT2D eigenvalue weighted by Gasteiger charge is -2.09. The summed E-state index contributed by atoms with van der Waals surface area (Å²) in [7, 11) is 0. The lowest BCUT2D eigenvalue weighted by molar-refractivity contribution is -0.124. The van der Waals surface area contributed by atoms with Crippen LogP contribution in [0.3, 0.4) is 0 Å². The molecule has 0 bridgehead atoms. The molecule has 0 radical (unpaired) electrons. The summed E-state index contributed by atoms with van der Waals surface area (Å²) in [4.78, 5) is 12.4. The highest BCUT2D eigenvalue weighted by Gasteiger charge is 2.14. The highest BCUT2D eigenvalue weighted by molar-refractivity contribution is 9.10. The van der Waals surface area contributed by atoms with Gasteiger partial charge in [0.1, 0.15) is 6.04 Å². The van der Waals surface area contributed by atoms with E-state index in [0.29, 0.717) is 4.88 Å². The summed E-state index contributed by atoms with van der Waals surface area (Å²) in [6, 6.07) is 2.45. The minimum atomic E-state index is -0.483. The number of rotatable bonds is 4. The first-order valence-electron chi connectivity index (χ1n) is 5.34. The van der Waals surface area contributed by atoms with Crippen molar-refractivity contribution in [2.45, 2.75) is 13.0 Å². The highest BCUT2D eigenvalue weighted by atomic mass is 79.9. The number of nitrogens with zero attached hydrogens (tertiary/aromatic N) is 3. The van der Waals surface area contributed by atoms with Crippen LogP contribution in [0.25, 0.3) is 0 Å². The predicted molar refractivity (Wildman–Crippen MR) is 74.7 cm³/mol. The molecule has 2 aromatic heterocycles. The van der Waals surface area contributed by atoms with Crippen molar-refractivity contribution in [3.05, 3.63) is 39.0 Å². The Morgan fingerprint density at radius 3 is 3.05 bits per heavy atom. The largest absolute Gasteiger partial charge is 0.271 e. The Kier molecular flexibility index (Phi) is 4.43. The summed E-state index contributed by atoms with van der Waals surface area (Å²) in [5.41, 5.74) is 2.39. The average molecular weight is 345 g/mol. The third kappa shape index (κ3) is 3.71. The van der Waals surface area contributed by atoms with E-state index in [1.54, 1.807) is 25.4 Å². The van der Waals surface area contributed by atoms with Crippen molar-refractivity contribution in [1.82, 2.24) is 15.2 Å². The number of amides is 1. The molecule has 0 aliphatic heterocycles. The van der Waals surface area contributed by atoms with Crippen LogP contribution >= 0.6 is 27.3 Å². The molecule has 0 fully saturated rings. The molecule has 2 rings (SSSR count). The zero-order valence-electron chi connectivity index (χ0n) is 9.88. The van der Waals surface area contributed by atoms with Crippen LogP contribution in [0.15, 0.2) is 34.1 Å². The fourth-order valence-corrected chi connectivity index (χ4v) is 2.20. The van der Waals surface area contributed by atoms with Crippen molar-refractivity contribution >= 4 is 39.4 Å². The van der Waals surface area contributed by atoms with Crippen molar-refractivity contribution in [2.24, 2.45) is 5.10 Å². The number of halogens is 2. The van der Waals surface area contributed by atoms with Crippen molar-refractivity contribution in [3.8, 4) is 0 Å². The SMILES string of the molecule is C[C@H](C(=O)N/N=C\c1ccc(F)s1)n1cc(Br)cn1. The second-order valence-corrected chi connectivity index (χ2v) is 5.67. The van der Waals surface area contributed by atoms with Crippen molar-refractivity contribution in [2.75, 3.05) is 0 Å². The summed E-state index contributed by atoms with van der Waals surface area (Å²) < 4.78 is 15.0. The molecule has 0 unspecified atom stereocenters. The molecule has 8 heteroatoms. The molecule has 100 valence electrons. The Morgan fingerprint density at radius 1 is 1.68 bits per heavy atom. The average Bonchev–Trinajstić information content (AvgIpc) is 2.97. The molecule has 19 heavy (non-hydrogen) atoms. The number of carbonyl (C=O) groups is 1. The molecule has 0 spiro atoms. The lowest BCUT2D eigenvalue weighted by Crippen LogP contribution is -2.27. The van der Waals surface area contributed by atoms with E-state index < -0.39 is 6.04 Å². The lowest BCUT2D eigenvalue weighted by atomic mass is 10.3. The number of aromatic nitrogens is 2. The molecule has 0 saturated heterocycles. The smallest absolute Gasteiger partial charge is 0.264 e. The minimum Gasteiger partial charge on any atom is -0.271 e. The fraction of sp³-hybridized carbons (Fsp3) is 0.182. The molecule has 2 heterocycles. The maximum absolute atomic E-state index is 12.7. The summed E-state index contributed by atoms with van der Waals surface area (Å²) in [6.45, 7) is 1.70. The van der Waals surface area contributed by atoms with Crippen molar-refractivity contribution in [1.29, 1.82) is 0 Å². The van der Waals surface area contributed by atoms with Crippen LogP contribution in [-0.4, -0.2) is 21.9 Å². The standard InChI is InChI=1S/C11H10BrFN4OS/c1-7(17-6-8(12)4-15-17)11(18)16-14-5-9-2-3-10(13)19-9/h2-7H,1H3,(H,16,18)/b14-5-/t7-/m1/s1. The normalized spacial score (nSPS) is 12.8. The van der Waals surface area contributed by atoms with Gasteiger partial charge in [0, 0.05) is 6.20 Å². The summed E-state index contributed by atoms with van der Waals surface area (Å²) in [5.74, 6) is -0.302. The summed E-state index contributed by atoms with van der Waals surface area (Å²) in [5, 5.41) is 7.50. The second kappa shape index (κ2) is 6.07. The van der Waals surface area contributed by atoms with Gasteiger partial charge in [-0.05, 0) is 35.0 Å². The summed E-state index contributed by atoms with van der Waals surface area (Å²) in [6.07, 6.45) is 4.70. The van der Waals surface area contributed by atoms with Gasteiger partial charge in [-0.15, -0.1) is 11.3 Å².